The van der Waals surface area contributed by atoms with Gasteiger partial charge in [0, 0.05) is 19.2 Å². The van der Waals surface area contributed by atoms with Gasteiger partial charge in [-0.1, -0.05) is 24.3 Å². The van der Waals surface area contributed by atoms with E-state index >= 15 is 0 Å². The molecule has 0 aliphatic carbocycles. The third-order valence-corrected chi connectivity index (χ3v) is 3.34. The molecule has 4 nitrogen and oxygen atoms in total. The molecule has 0 spiro atoms. The van der Waals surface area contributed by atoms with Gasteiger partial charge < -0.3 is 10.6 Å². The summed E-state index contributed by atoms with van der Waals surface area (Å²) in [6.07, 6.45) is 1.00. The molecule has 0 saturated heterocycles. The molecule has 2 aromatic carbocycles. The van der Waals surface area contributed by atoms with Crippen molar-refractivity contribution < 1.29 is 4.79 Å². The summed E-state index contributed by atoms with van der Waals surface area (Å²) in [5.41, 5.74) is 8.59. The molecule has 0 bridgehead atoms. The monoisotopic (exact) mass is 279 g/mol. The molecule has 0 aromatic heterocycles. The Balaban J connectivity index is 2.05. The van der Waals surface area contributed by atoms with Crippen LogP contribution in [0, 0.1) is 11.3 Å². The zero-order valence-corrected chi connectivity index (χ0v) is 11.9. The molecular formula is C17H17N3O. The standard InChI is InChI=1S/C17H17N3O/c1-20(16-8-3-2-6-14(16)12-18)17(21)10-9-13-5-4-7-15(19)11-13/h2-8,11H,9-10,19H2,1H3. The topological polar surface area (TPSA) is 70.1 Å². The fraction of sp³-hybridized carbons (Fsp3) is 0.176. The van der Waals surface area contributed by atoms with Gasteiger partial charge in [-0.2, -0.15) is 5.26 Å². The summed E-state index contributed by atoms with van der Waals surface area (Å²) in [6, 6.07) is 16.7. The molecule has 0 heterocycles. The minimum atomic E-state index is -0.0277. The van der Waals surface area contributed by atoms with E-state index in [1.54, 1.807) is 25.2 Å². The lowest BCUT2D eigenvalue weighted by atomic mass is 10.1. The lowest BCUT2D eigenvalue weighted by Crippen LogP contribution is -2.27. The molecule has 0 radical (unpaired) electrons. The summed E-state index contributed by atoms with van der Waals surface area (Å²) in [7, 11) is 1.69. The first-order chi connectivity index (χ1) is 10.1. The maximum atomic E-state index is 12.3. The summed E-state index contributed by atoms with van der Waals surface area (Å²) >= 11 is 0. The van der Waals surface area contributed by atoms with Crippen LogP contribution in [-0.2, 0) is 11.2 Å². The lowest BCUT2D eigenvalue weighted by Gasteiger charge is -2.18. The normalized spacial score (nSPS) is 9.90. The van der Waals surface area contributed by atoms with Gasteiger partial charge in [-0.15, -0.1) is 0 Å². The second kappa shape index (κ2) is 6.58. The van der Waals surface area contributed by atoms with Gasteiger partial charge in [0.1, 0.15) is 6.07 Å². The van der Waals surface area contributed by atoms with E-state index in [9.17, 15) is 4.79 Å². The molecule has 0 atom stereocenters. The van der Waals surface area contributed by atoms with Crippen molar-refractivity contribution in [3.8, 4) is 6.07 Å². The first kappa shape index (κ1) is 14.6. The lowest BCUT2D eigenvalue weighted by molar-refractivity contribution is -0.118. The molecule has 1 amide bonds. The van der Waals surface area contributed by atoms with Crippen LogP contribution in [0.5, 0.6) is 0 Å². The maximum Gasteiger partial charge on any atom is 0.227 e. The van der Waals surface area contributed by atoms with Gasteiger partial charge >= 0.3 is 0 Å². The van der Waals surface area contributed by atoms with E-state index in [2.05, 4.69) is 6.07 Å². The third kappa shape index (κ3) is 3.61. The molecule has 0 aliphatic rings. The number of nitrogens with zero attached hydrogens (tertiary/aromatic N) is 2. The van der Waals surface area contributed by atoms with E-state index < -0.39 is 0 Å². The van der Waals surface area contributed by atoms with Crippen molar-refractivity contribution in [3.05, 3.63) is 59.7 Å². The quantitative estimate of drug-likeness (QED) is 0.875. The fourth-order valence-electron chi connectivity index (χ4n) is 2.16. The first-order valence-corrected chi connectivity index (χ1v) is 6.72. The van der Waals surface area contributed by atoms with Gasteiger partial charge in [-0.3, -0.25) is 4.79 Å². The maximum absolute atomic E-state index is 12.3. The second-order valence-electron chi connectivity index (χ2n) is 4.83. The highest BCUT2D eigenvalue weighted by Crippen LogP contribution is 2.19. The van der Waals surface area contributed by atoms with Crippen LogP contribution in [0.25, 0.3) is 0 Å². The first-order valence-electron chi connectivity index (χ1n) is 6.72. The number of nitriles is 1. The summed E-state index contributed by atoms with van der Waals surface area (Å²) in [5.74, 6) is -0.0277. The number of carbonyl (C=O) groups excluding carboxylic acids is 1. The van der Waals surface area contributed by atoms with E-state index in [0.717, 1.165) is 5.56 Å². The van der Waals surface area contributed by atoms with Gasteiger partial charge in [-0.05, 0) is 36.2 Å². The predicted octanol–water partition coefficient (Wildman–Crippen LogP) is 2.74. The van der Waals surface area contributed by atoms with E-state index in [0.29, 0.717) is 29.8 Å². The molecule has 2 aromatic rings. The molecule has 0 aliphatic heterocycles. The number of amides is 1. The van der Waals surface area contributed by atoms with Gasteiger partial charge in [-0.25, -0.2) is 0 Å². The predicted molar refractivity (Wildman–Crippen MR) is 83.7 cm³/mol. The molecule has 0 fully saturated rings. The average Bonchev–Trinajstić information content (AvgIpc) is 2.52. The van der Waals surface area contributed by atoms with Crippen molar-refractivity contribution in [2.24, 2.45) is 0 Å². The van der Waals surface area contributed by atoms with Gasteiger partial charge in [0.05, 0.1) is 11.3 Å². The van der Waals surface area contributed by atoms with Crippen LogP contribution in [0.1, 0.15) is 17.5 Å². The highest BCUT2D eigenvalue weighted by Gasteiger charge is 2.14. The second-order valence-corrected chi connectivity index (χ2v) is 4.83. The number of rotatable bonds is 4. The SMILES string of the molecule is CN(C(=O)CCc1cccc(N)c1)c1ccccc1C#N. The molecular weight excluding hydrogens is 262 g/mol. The van der Waals surface area contributed by atoms with Crippen LogP contribution in [0.4, 0.5) is 11.4 Å². The van der Waals surface area contributed by atoms with E-state index in [-0.39, 0.29) is 5.91 Å². The van der Waals surface area contributed by atoms with E-state index in [1.807, 2.05) is 30.3 Å². The van der Waals surface area contributed by atoms with Crippen molar-refractivity contribution in [2.45, 2.75) is 12.8 Å². The number of hydrogen-bond acceptors (Lipinski definition) is 3. The summed E-state index contributed by atoms with van der Waals surface area (Å²) in [5, 5.41) is 9.09. The Morgan fingerprint density at radius 3 is 2.71 bits per heavy atom. The zero-order chi connectivity index (χ0) is 15.2. The molecule has 2 N–H and O–H groups in total. The number of aryl methyl sites for hydroxylation is 1. The van der Waals surface area contributed by atoms with Crippen LogP contribution >= 0.6 is 0 Å². The summed E-state index contributed by atoms with van der Waals surface area (Å²) < 4.78 is 0. The highest BCUT2D eigenvalue weighted by molar-refractivity contribution is 5.94. The third-order valence-electron chi connectivity index (χ3n) is 3.34. The van der Waals surface area contributed by atoms with Crippen molar-refractivity contribution in [1.29, 1.82) is 5.26 Å². The van der Waals surface area contributed by atoms with Gasteiger partial charge in [0.2, 0.25) is 5.91 Å². The molecule has 0 saturated carbocycles. The Morgan fingerprint density at radius 2 is 2.00 bits per heavy atom. The number of carbonyl (C=O) groups is 1. The van der Waals surface area contributed by atoms with Gasteiger partial charge in [0.25, 0.3) is 0 Å². The highest BCUT2D eigenvalue weighted by atomic mass is 16.2. The number of nitrogen functional groups attached to an aromatic ring is 1. The van der Waals surface area contributed by atoms with Crippen LogP contribution < -0.4 is 10.6 Å². The van der Waals surface area contributed by atoms with Crippen LogP contribution in [0.2, 0.25) is 0 Å². The van der Waals surface area contributed by atoms with E-state index in [4.69, 9.17) is 11.0 Å². The Hall–Kier alpha value is -2.80. The van der Waals surface area contributed by atoms with Gasteiger partial charge in [0.15, 0.2) is 0 Å². The summed E-state index contributed by atoms with van der Waals surface area (Å²) in [6.45, 7) is 0. The summed E-state index contributed by atoms with van der Waals surface area (Å²) in [4.78, 5) is 13.8. The van der Waals surface area contributed by atoms with Crippen molar-refractivity contribution in [2.75, 3.05) is 17.7 Å². The van der Waals surface area contributed by atoms with Crippen LogP contribution in [0.3, 0.4) is 0 Å². The number of nitrogens with two attached hydrogens (primary N) is 1. The number of benzene rings is 2. The molecule has 0 unspecified atom stereocenters. The van der Waals surface area contributed by atoms with E-state index in [1.165, 1.54) is 4.90 Å². The smallest absolute Gasteiger partial charge is 0.227 e. The Morgan fingerprint density at radius 1 is 1.24 bits per heavy atom. The van der Waals surface area contributed by atoms with Crippen molar-refractivity contribution >= 4 is 17.3 Å². The molecule has 21 heavy (non-hydrogen) atoms. The zero-order valence-electron chi connectivity index (χ0n) is 11.9. The Kier molecular flexibility index (Phi) is 4.57. The molecule has 106 valence electrons. The Bertz CT molecular complexity index is 688. The molecule has 4 heteroatoms. The molecule has 2 rings (SSSR count). The average molecular weight is 279 g/mol. The van der Waals surface area contributed by atoms with Crippen LogP contribution in [0.15, 0.2) is 48.5 Å². The number of hydrogen-bond donors (Lipinski definition) is 1. The van der Waals surface area contributed by atoms with Crippen LogP contribution in [-0.4, -0.2) is 13.0 Å². The number of anilines is 2. The Labute approximate surface area is 124 Å². The fourth-order valence-corrected chi connectivity index (χ4v) is 2.16. The van der Waals surface area contributed by atoms with Crippen molar-refractivity contribution in [1.82, 2.24) is 0 Å². The van der Waals surface area contributed by atoms with Crippen molar-refractivity contribution in [3.63, 3.8) is 0 Å². The largest absolute Gasteiger partial charge is 0.399 e. The minimum absolute atomic E-state index is 0.0277. The number of para-hydroxylation sites is 1. The minimum Gasteiger partial charge on any atom is -0.399 e.